The molecule has 1 N–H and O–H groups in total. The third-order valence-corrected chi connectivity index (χ3v) is 6.28. The van der Waals surface area contributed by atoms with Gasteiger partial charge in [0.2, 0.25) is 0 Å². The number of nitrogens with one attached hydrogen (secondary N) is 1. The van der Waals surface area contributed by atoms with E-state index in [1.165, 1.54) is 28.8 Å². The van der Waals surface area contributed by atoms with Gasteiger partial charge >= 0.3 is 6.36 Å². The fourth-order valence-electron chi connectivity index (χ4n) is 4.17. The van der Waals surface area contributed by atoms with Crippen molar-refractivity contribution >= 4 is 34.7 Å². The molecule has 0 unspecified atom stereocenters. The van der Waals surface area contributed by atoms with Crippen LogP contribution in [0.25, 0.3) is 0 Å². The minimum Gasteiger partial charge on any atom is -0.406 e. The van der Waals surface area contributed by atoms with Crippen LogP contribution in [0, 0.1) is 13.8 Å². The summed E-state index contributed by atoms with van der Waals surface area (Å²) in [6.45, 7) is 4.69. The molecular formula is C28H26F3N3OS. The standard InChI is InChI=1S/C28H26F3N3OS/c1-18-4-3-5-19(2)26(18)15-24(36)17-32-16-20-6-9-22(10-7-20)33-34-27-13-8-21-14-23(11-12-25(21)27)35-28(29,30)31/h3-7,9-12,14,16,33H,8,13,15,17H2,1-2H3/b32-16?,34-27+. The highest BCUT2D eigenvalue weighted by atomic mass is 32.1. The number of hydrogen-bond donors (Lipinski definition) is 1. The van der Waals surface area contributed by atoms with Gasteiger partial charge in [-0.2, -0.15) is 5.10 Å². The first kappa shape index (κ1) is 25.6. The zero-order valence-electron chi connectivity index (χ0n) is 20.0. The Hall–Kier alpha value is -3.52. The molecule has 0 aliphatic heterocycles. The van der Waals surface area contributed by atoms with Crippen molar-refractivity contribution in [3.05, 3.63) is 94.0 Å². The maximum absolute atomic E-state index is 12.4. The van der Waals surface area contributed by atoms with E-state index in [4.69, 9.17) is 12.2 Å². The number of fused-ring (bicyclic) bond motifs is 1. The number of anilines is 1. The Morgan fingerprint density at radius 3 is 2.44 bits per heavy atom. The first-order valence-corrected chi connectivity index (χ1v) is 12.0. The molecule has 0 heterocycles. The minimum atomic E-state index is -4.70. The molecule has 0 aromatic heterocycles. The number of ether oxygens (including phenoxy) is 1. The van der Waals surface area contributed by atoms with Gasteiger partial charge in [0.25, 0.3) is 0 Å². The molecule has 0 saturated carbocycles. The fraction of sp³-hybridized carbons (Fsp3) is 0.250. The van der Waals surface area contributed by atoms with Crippen LogP contribution in [0.15, 0.2) is 70.8 Å². The number of hydrazone groups is 1. The molecule has 1 aliphatic carbocycles. The van der Waals surface area contributed by atoms with Crippen LogP contribution in [0.1, 0.15) is 39.8 Å². The van der Waals surface area contributed by atoms with Crippen LogP contribution in [0.3, 0.4) is 0 Å². The molecule has 3 aromatic carbocycles. The first-order valence-electron chi connectivity index (χ1n) is 11.6. The molecule has 0 radical (unpaired) electrons. The molecule has 0 fully saturated rings. The molecular weight excluding hydrogens is 483 g/mol. The molecule has 1 aliphatic rings. The second-order valence-electron chi connectivity index (χ2n) is 8.71. The fourth-order valence-corrected chi connectivity index (χ4v) is 4.39. The zero-order valence-corrected chi connectivity index (χ0v) is 20.8. The summed E-state index contributed by atoms with van der Waals surface area (Å²) in [5.41, 5.74) is 11.0. The van der Waals surface area contributed by atoms with Gasteiger partial charge in [0.05, 0.1) is 17.9 Å². The summed E-state index contributed by atoms with van der Waals surface area (Å²) in [5.74, 6) is -0.209. The Balaban J connectivity index is 1.31. The van der Waals surface area contributed by atoms with Gasteiger partial charge in [0.1, 0.15) is 5.75 Å². The van der Waals surface area contributed by atoms with E-state index in [9.17, 15) is 13.2 Å². The van der Waals surface area contributed by atoms with E-state index in [0.29, 0.717) is 19.4 Å². The Morgan fingerprint density at radius 1 is 1.03 bits per heavy atom. The van der Waals surface area contributed by atoms with Crippen LogP contribution in [0.4, 0.5) is 18.9 Å². The largest absolute Gasteiger partial charge is 0.573 e. The van der Waals surface area contributed by atoms with Crippen molar-refractivity contribution in [2.45, 2.75) is 39.5 Å². The molecule has 36 heavy (non-hydrogen) atoms. The molecule has 0 atom stereocenters. The van der Waals surface area contributed by atoms with E-state index < -0.39 is 6.36 Å². The Bertz CT molecular complexity index is 1290. The van der Waals surface area contributed by atoms with Crippen molar-refractivity contribution in [1.29, 1.82) is 0 Å². The third-order valence-electron chi connectivity index (χ3n) is 6.01. The van der Waals surface area contributed by atoms with Crippen LogP contribution in [-0.4, -0.2) is 29.7 Å². The molecule has 3 aromatic rings. The van der Waals surface area contributed by atoms with Crippen LogP contribution < -0.4 is 10.2 Å². The predicted octanol–water partition coefficient (Wildman–Crippen LogP) is 7.00. The van der Waals surface area contributed by atoms with Gasteiger partial charge in [0, 0.05) is 23.1 Å². The maximum Gasteiger partial charge on any atom is 0.573 e. The van der Waals surface area contributed by atoms with Crippen LogP contribution in [0.5, 0.6) is 5.75 Å². The molecule has 4 nitrogen and oxygen atoms in total. The number of aryl methyl sites for hydroxylation is 3. The summed E-state index contributed by atoms with van der Waals surface area (Å²) in [4.78, 5) is 5.39. The van der Waals surface area contributed by atoms with Crippen molar-refractivity contribution in [2.24, 2.45) is 10.1 Å². The normalized spacial score (nSPS) is 14.3. The van der Waals surface area contributed by atoms with Crippen LogP contribution >= 0.6 is 12.2 Å². The molecule has 0 spiro atoms. The van der Waals surface area contributed by atoms with Crippen LogP contribution in [-0.2, 0) is 12.8 Å². The number of rotatable bonds is 8. The van der Waals surface area contributed by atoms with E-state index in [0.717, 1.165) is 39.4 Å². The number of benzene rings is 3. The summed E-state index contributed by atoms with van der Waals surface area (Å²) >= 11 is 5.54. The first-order chi connectivity index (χ1) is 17.2. The van der Waals surface area contributed by atoms with Gasteiger partial charge in [-0.1, -0.05) is 42.5 Å². The number of aliphatic imine (C=N–C) groups is 1. The van der Waals surface area contributed by atoms with Gasteiger partial charge in [-0.3, -0.25) is 10.4 Å². The van der Waals surface area contributed by atoms with E-state index in [-0.39, 0.29) is 5.75 Å². The zero-order chi connectivity index (χ0) is 25.7. The lowest BCUT2D eigenvalue weighted by atomic mass is 9.99. The van der Waals surface area contributed by atoms with Crippen molar-refractivity contribution < 1.29 is 17.9 Å². The van der Waals surface area contributed by atoms with Gasteiger partial charge in [-0.15, -0.1) is 13.2 Å². The molecule has 0 amide bonds. The monoisotopic (exact) mass is 509 g/mol. The van der Waals surface area contributed by atoms with Gasteiger partial charge in [-0.05, 0) is 84.8 Å². The van der Waals surface area contributed by atoms with Gasteiger partial charge < -0.3 is 4.74 Å². The summed E-state index contributed by atoms with van der Waals surface area (Å²) < 4.78 is 41.3. The van der Waals surface area contributed by atoms with E-state index in [1.54, 1.807) is 12.3 Å². The molecule has 4 rings (SSSR count). The SMILES string of the molecule is Cc1cccc(C)c1CC(=S)CN=Cc1ccc(N/N=C2\CCc3cc(OC(F)(F)F)ccc32)cc1. The highest BCUT2D eigenvalue weighted by Crippen LogP contribution is 2.30. The molecule has 8 heteroatoms. The molecule has 186 valence electrons. The minimum absolute atomic E-state index is 0.209. The lowest BCUT2D eigenvalue weighted by Crippen LogP contribution is -2.17. The Morgan fingerprint density at radius 2 is 1.75 bits per heavy atom. The number of alkyl halides is 3. The summed E-state index contributed by atoms with van der Waals surface area (Å²) in [6.07, 6.45) is -0.890. The third kappa shape index (κ3) is 6.79. The topological polar surface area (TPSA) is 46.0 Å². The van der Waals surface area contributed by atoms with Gasteiger partial charge in [0.15, 0.2) is 0 Å². The molecule has 0 saturated heterocycles. The summed E-state index contributed by atoms with van der Waals surface area (Å²) in [5, 5.41) is 4.46. The van der Waals surface area contributed by atoms with E-state index in [1.807, 2.05) is 24.3 Å². The quantitative estimate of drug-likeness (QED) is 0.202. The predicted molar refractivity (Wildman–Crippen MR) is 143 cm³/mol. The highest BCUT2D eigenvalue weighted by Gasteiger charge is 2.31. The number of halogens is 3. The second-order valence-corrected chi connectivity index (χ2v) is 9.29. The highest BCUT2D eigenvalue weighted by molar-refractivity contribution is 7.80. The van der Waals surface area contributed by atoms with Crippen molar-refractivity contribution in [3.63, 3.8) is 0 Å². The Labute approximate surface area is 213 Å². The Kier molecular flexibility index (Phi) is 7.84. The second kappa shape index (κ2) is 11.0. The summed E-state index contributed by atoms with van der Waals surface area (Å²) in [6, 6.07) is 18.3. The van der Waals surface area contributed by atoms with E-state index in [2.05, 4.69) is 52.3 Å². The number of thiocarbonyl (C=S) groups is 1. The lowest BCUT2D eigenvalue weighted by Gasteiger charge is -2.10. The van der Waals surface area contributed by atoms with E-state index >= 15 is 0 Å². The van der Waals surface area contributed by atoms with Crippen molar-refractivity contribution in [3.8, 4) is 5.75 Å². The van der Waals surface area contributed by atoms with Gasteiger partial charge in [-0.25, -0.2) is 0 Å². The van der Waals surface area contributed by atoms with Crippen molar-refractivity contribution in [2.75, 3.05) is 12.0 Å². The smallest absolute Gasteiger partial charge is 0.406 e. The average Bonchev–Trinajstić information content (AvgIpc) is 3.22. The van der Waals surface area contributed by atoms with Crippen LogP contribution in [0.2, 0.25) is 0 Å². The average molecular weight is 510 g/mol. The number of nitrogens with zero attached hydrogens (tertiary/aromatic N) is 2. The summed E-state index contributed by atoms with van der Waals surface area (Å²) in [7, 11) is 0. The lowest BCUT2D eigenvalue weighted by molar-refractivity contribution is -0.274. The maximum atomic E-state index is 12.4. The molecule has 0 bridgehead atoms. The number of hydrogen-bond acceptors (Lipinski definition) is 5. The van der Waals surface area contributed by atoms with Crippen molar-refractivity contribution in [1.82, 2.24) is 0 Å².